The topological polar surface area (TPSA) is 50.4 Å². The van der Waals surface area contributed by atoms with Crippen molar-refractivity contribution in [2.24, 2.45) is 5.92 Å². The summed E-state index contributed by atoms with van der Waals surface area (Å²) in [5.41, 5.74) is 1.84. The highest BCUT2D eigenvalue weighted by molar-refractivity contribution is 5.93. The lowest BCUT2D eigenvalue weighted by Crippen LogP contribution is -2.28. The van der Waals surface area contributed by atoms with E-state index in [2.05, 4.69) is 10.6 Å². The molecule has 100 valence electrons. The highest BCUT2D eigenvalue weighted by Gasteiger charge is 2.14. The van der Waals surface area contributed by atoms with Crippen LogP contribution in [0.4, 0.5) is 5.69 Å². The van der Waals surface area contributed by atoms with Gasteiger partial charge in [0.2, 0.25) is 5.91 Å². The lowest BCUT2D eigenvalue weighted by Gasteiger charge is -2.15. The smallest absolute Gasteiger partial charge is 0.228 e. The van der Waals surface area contributed by atoms with Crippen molar-refractivity contribution in [1.82, 2.24) is 5.32 Å². The maximum Gasteiger partial charge on any atom is 0.228 e. The van der Waals surface area contributed by atoms with Crippen molar-refractivity contribution >= 4 is 11.6 Å². The summed E-state index contributed by atoms with van der Waals surface area (Å²) in [7, 11) is 1.83. The van der Waals surface area contributed by atoms with E-state index >= 15 is 0 Å². The maximum absolute atomic E-state index is 11.9. The minimum atomic E-state index is -0.0780. The number of amides is 1. The second-order valence-electron chi connectivity index (χ2n) is 4.38. The fraction of sp³-hybridized carbons (Fsp3) is 0.500. The zero-order valence-electron chi connectivity index (χ0n) is 11.5. The Morgan fingerprint density at radius 3 is 2.78 bits per heavy atom. The highest BCUT2D eigenvalue weighted by atomic mass is 16.5. The molecule has 0 aliphatic heterocycles. The Morgan fingerprint density at radius 2 is 2.17 bits per heavy atom. The number of rotatable bonds is 6. The highest BCUT2D eigenvalue weighted by Crippen LogP contribution is 2.26. The first-order valence-corrected chi connectivity index (χ1v) is 6.27. The fourth-order valence-corrected chi connectivity index (χ4v) is 1.66. The molecule has 4 nitrogen and oxygen atoms in total. The van der Waals surface area contributed by atoms with E-state index in [0.717, 1.165) is 17.0 Å². The van der Waals surface area contributed by atoms with E-state index in [-0.39, 0.29) is 11.8 Å². The number of nitrogens with one attached hydrogen (secondary N) is 2. The van der Waals surface area contributed by atoms with E-state index in [1.807, 2.05) is 46.0 Å². The summed E-state index contributed by atoms with van der Waals surface area (Å²) in [5.74, 6) is 0.641. The zero-order valence-corrected chi connectivity index (χ0v) is 11.5. The Bertz CT molecular complexity index is 405. The van der Waals surface area contributed by atoms with Crippen LogP contribution >= 0.6 is 0 Å². The molecule has 0 saturated heterocycles. The van der Waals surface area contributed by atoms with Crippen LogP contribution in [0.2, 0.25) is 0 Å². The molecule has 4 heteroatoms. The number of ether oxygens (including phenoxy) is 1. The molecule has 1 rings (SSSR count). The van der Waals surface area contributed by atoms with Gasteiger partial charge in [-0.2, -0.15) is 0 Å². The third-order valence-electron chi connectivity index (χ3n) is 2.65. The standard InChI is InChI=1S/C14H22N2O2/c1-5-18-13-8-10(2)6-7-12(13)16-14(17)11(3)9-15-4/h6-8,11,15H,5,9H2,1-4H3,(H,16,17). The fourth-order valence-electron chi connectivity index (χ4n) is 1.66. The third kappa shape index (κ3) is 4.04. The first-order chi connectivity index (χ1) is 8.58. The molecule has 0 radical (unpaired) electrons. The first kappa shape index (κ1) is 14.5. The quantitative estimate of drug-likeness (QED) is 0.813. The average molecular weight is 250 g/mol. The van der Waals surface area contributed by atoms with Gasteiger partial charge < -0.3 is 15.4 Å². The van der Waals surface area contributed by atoms with Gasteiger partial charge in [-0.25, -0.2) is 0 Å². The van der Waals surface area contributed by atoms with E-state index < -0.39 is 0 Å². The molecule has 1 unspecified atom stereocenters. The van der Waals surface area contributed by atoms with E-state index in [4.69, 9.17) is 4.74 Å². The number of carbonyl (C=O) groups is 1. The Morgan fingerprint density at radius 1 is 1.44 bits per heavy atom. The van der Waals surface area contributed by atoms with Crippen molar-refractivity contribution in [2.75, 3.05) is 25.5 Å². The van der Waals surface area contributed by atoms with Crippen LogP contribution in [0.5, 0.6) is 5.75 Å². The van der Waals surface area contributed by atoms with E-state index in [1.54, 1.807) is 0 Å². The molecule has 18 heavy (non-hydrogen) atoms. The van der Waals surface area contributed by atoms with Crippen molar-refractivity contribution in [3.63, 3.8) is 0 Å². The number of hydrogen-bond acceptors (Lipinski definition) is 3. The minimum Gasteiger partial charge on any atom is -0.492 e. The van der Waals surface area contributed by atoms with E-state index in [0.29, 0.717) is 13.2 Å². The predicted octanol–water partition coefficient (Wildman–Crippen LogP) is 2.19. The Labute approximate surface area is 109 Å². The largest absolute Gasteiger partial charge is 0.492 e. The average Bonchev–Trinajstić information content (AvgIpc) is 2.33. The molecule has 1 amide bonds. The van der Waals surface area contributed by atoms with Gasteiger partial charge in [-0.15, -0.1) is 0 Å². The molecule has 0 aromatic heterocycles. The number of hydrogen-bond donors (Lipinski definition) is 2. The van der Waals surface area contributed by atoms with Gasteiger partial charge in [-0.05, 0) is 38.6 Å². The molecular weight excluding hydrogens is 228 g/mol. The number of benzene rings is 1. The summed E-state index contributed by atoms with van der Waals surface area (Å²) in [5, 5.41) is 5.89. The van der Waals surface area contributed by atoms with Crippen LogP contribution < -0.4 is 15.4 Å². The van der Waals surface area contributed by atoms with Crippen LogP contribution in [0.15, 0.2) is 18.2 Å². The van der Waals surface area contributed by atoms with Gasteiger partial charge in [0.1, 0.15) is 5.75 Å². The van der Waals surface area contributed by atoms with Crippen molar-refractivity contribution in [2.45, 2.75) is 20.8 Å². The molecule has 0 spiro atoms. The van der Waals surface area contributed by atoms with Gasteiger partial charge in [0.05, 0.1) is 12.3 Å². The number of aryl methyl sites for hydroxylation is 1. The second kappa shape index (κ2) is 7.01. The predicted molar refractivity (Wildman–Crippen MR) is 74.1 cm³/mol. The molecule has 0 bridgehead atoms. The monoisotopic (exact) mass is 250 g/mol. The maximum atomic E-state index is 11.9. The molecule has 0 saturated carbocycles. The van der Waals surface area contributed by atoms with Crippen LogP contribution in [0, 0.1) is 12.8 Å². The lowest BCUT2D eigenvalue weighted by molar-refractivity contribution is -0.119. The van der Waals surface area contributed by atoms with Crippen LogP contribution in [0.3, 0.4) is 0 Å². The van der Waals surface area contributed by atoms with Gasteiger partial charge in [-0.1, -0.05) is 13.0 Å². The molecule has 1 aromatic rings. The van der Waals surface area contributed by atoms with Gasteiger partial charge in [-0.3, -0.25) is 4.79 Å². The Balaban J connectivity index is 2.80. The zero-order chi connectivity index (χ0) is 13.5. The summed E-state index contributed by atoms with van der Waals surface area (Å²) in [6.45, 7) is 7.05. The van der Waals surface area contributed by atoms with Gasteiger partial charge in [0, 0.05) is 12.5 Å². The molecule has 0 aliphatic carbocycles. The van der Waals surface area contributed by atoms with Crippen molar-refractivity contribution < 1.29 is 9.53 Å². The Kier molecular flexibility index (Phi) is 5.65. The van der Waals surface area contributed by atoms with Crippen molar-refractivity contribution in [3.8, 4) is 5.75 Å². The van der Waals surface area contributed by atoms with Crippen LogP contribution in [-0.2, 0) is 4.79 Å². The third-order valence-corrected chi connectivity index (χ3v) is 2.65. The SMILES string of the molecule is CCOc1cc(C)ccc1NC(=O)C(C)CNC. The molecular formula is C14H22N2O2. The summed E-state index contributed by atoms with van der Waals surface area (Å²) >= 11 is 0. The molecule has 0 fully saturated rings. The van der Waals surface area contributed by atoms with Crippen LogP contribution in [-0.4, -0.2) is 26.1 Å². The van der Waals surface area contributed by atoms with Crippen LogP contribution in [0.1, 0.15) is 19.4 Å². The summed E-state index contributed by atoms with van der Waals surface area (Å²) < 4.78 is 5.53. The van der Waals surface area contributed by atoms with Gasteiger partial charge >= 0.3 is 0 Å². The van der Waals surface area contributed by atoms with Crippen LogP contribution in [0.25, 0.3) is 0 Å². The van der Waals surface area contributed by atoms with Crippen molar-refractivity contribution in [3.05, 3.63) is 23.8 Å². The van der Waals surface area contributed by atoms with E-state index in [9.17, 15) is 4.79 Å². The van der Waals surface area contributed by atoms with E-state index in [1.165, 1.54) is 0 Å². The summed E-state index contributed by atoms with van der Waals surface area (Å²) in [4.78, 5) is 11.9. The van der Waals surface area contributed by atoms with Gasteiger partial charge in [0.25, 0.3) is 0 Å². The number of anilines is 1. The second-order valence-corrected chi connectivity index (χ2v) is 4.38. The molecule has 2 N–H and O–H groups in total. The van der Waals surface area contributed by atoms with Gasteiger partial charge in [0.15, 0.2) is 0 Å². The summed E-state index contributed by atoms with van der Waals surface area (Å²) in [6, 6.07) is 5.77. The lowest BCUT2D eigenvalue weighted by atomic mass is 10.1. The number of carbonyl (C=O) groups excluding carboxylic acids is 1. The summed E-state index contributed by atoms with van der Waals surface area (Å²) in [6.07, 6.45) is 0. The normalized spacial score (nSPS) is 12.0. The first-order valence-electron chi connectivity index (χ1n) is 6.27. The van der Waals surface area contributed by atoms with Crippen molar-refractivity contribution in [1.29, 1.82) is 0 Å². The molecule has 0 aliphatic rings. The minimum absolute atomic E-state index is 0.00541. The molecule has 0 heterocycles. The Hall–Kier alpha value is -1.55. The molecule has 1 atom stereocenters. The molecule has 1 aromatic carbocycles.